The summed E-state index contributed by atoms with van der Waals surface area (Å²) >= 11 is 0. The number of nitrogens with one attached hydrogen (secondary N) is 4. The number of benzene rings is 2. The molecule has 6 heterocycles. The fourth-order valence-electron chi connectivity index (χ4n) is 15.0. The smallest absolute Gasteiger partial charge is 0.489 e. The van der Waals surface area contributed by atoms with Crippen molar-refractivity contribution in [2.75, 3.05) is 27.3 Å². The van der Waals surface area contributed by atoms with E-state index in [0.717, 1.165) is 107 Å². The van der Waals surface area contributed by atoms with Gasteiger partial charge in [-0.3, -0.25) is 24.0 Å². The molecule has 4 aliphatic heterocycles. The Kier molecular flexibility index (Phi) is 24.8. The number of para-hydroxylation sites is 2. The second-order valence-electron chi connectivity index (χ2n) is 27.6. The van der Waals surface area contributed by atoms with Crippen molar-refractivity contribution in [1.29, 1.82) is 0 Å². The molecule has 4 saturated carbocycles. The Hall–Kier alpha value is -8.71. The van der Waals surface area contributed by atoms with Gasteiger partial charge in [0.15, 0.2) is 0 Å². The minimum Gasteiger partial charge on any atom is -0.489 e. The molecule has 6 amide bonds. The molecule has 4 N–H and O–H groups in total. The molecule has 10 atom stereocenters. The Morgan fingerprint density at radius 2 is 1.01 bits per heavy atom. The van der Waals surface area contributed by atoms with Gasteiger partial charge in [-0.2, -0.15) is 11.7 Å². The number of alkyl carbamates (subject to hydrolysis) is 2. The summed E-state index contributed by atoms with van der Waals surface area (Å²) in [6.07, 6.45) is 20.6. The van der Waals surface area contributed by atoms with Crippen LogP contribution >= 0.6 is 0 Å². The molecule has 2 aromatic heterocycles. The van der Waals surface area contributed by atoms with Crippen LogP contribution in [-0.4, -0.2) is 177 Å². The predicted molar refractivity (Wildman–Crippen MR) is 363 cm³/mol. The third kappa shape index (κ3) is 17.4. The molecule has 2 saturated heterocycles. The summed E-state index contributed by atoms with van der Waals surface area (Å²) in [5.74, 6) is -3.93. The van der Waals surface area contributed by atoms with Gasteiger partial charge in [0, 0.05) is 47.3 Å². The van der Waals surface area contributed by atoms with Crippen molar-refractivity contribution in [3.63, 3.8) is 0 Å². The third-order valence-electron chi connectivity index (χ3n) is 20.6. The van der Waals surface area contributed by atoms with Crippen LogP contribution in [0, 0.1) is 32.6 Å². The summed E-state index contributed by atoms with van der Waals surface area (Å²) < 4.78 is 34.5. The zero-order chi connectivity index (χ0) is 70.8. The third-order valence-corrected chi connectivity index (χ3v) is 20.6. The van der Waals surface area contributed by atoms with Crippen molar-refractivity contribution >= 4 is 87.3 Å². The Morgan fingerprint density at radius 1 is 0.594 bits per heavy atom. The molecule has 532 valence electrons. The number of Topliss-reactive ketones (excluding diaryl/α,β-unsaturated/α-hetero) is 2. The number of carbonyl (C=O) groups excluding carboxylic acids is 10. The summed E-state index contributed by atoms with van der Waals surface area (Å²) in [5, 5.41) is 12.8. The maximum atomic E-state index is 14.4. The number of fused-ring (bicyclic) bond motifs is 6. The molecule has 0 spiro atoms. The molecule has 2 aromatic carbocycles. The zero-order valence-corrected chi connectivity index (χ0v) is 60.2. The summed E-state index contributed by atoms with van der Waals surface area (Å²) in [4.78, 5) is 149. The van der Waals surface area contributed by atoms with E-state index in [-0.39, 0.29) is 90.9 Å². The number of rotatable bonds is 13. The maximum Gasteiger partial charge on any atom is 1.00 e. The number of amides is 6. The van der Waals surface area contributed by atoms with Crippen molar-refractivity contribution < 1.29 is 111 Å². The molecule has 26 nitrogen and oxygen atoms in total. The molecule has 8 aliphatic rings. The van der Waals surface area contributed by atoms with Gasteiger partial charge in [0.05, 0.1) is 38.3 Å². The minimum atomic E-state index is -1.25. The zero-order valence-electron chi connectivity index (χ0n) is 58.2. The van der Waals surface area contributed by atoms with Gasteiger partial charge < -0.3 is 74.8 Å². The van der Waals surface area contributed by atoms with Crippen LogP contribution in [0.3, 0.4) is 0 Å². The molecule has 2 unspecified atom stereocenters. The molecular formula is C74H89N10NaO16. The average molecular weight is 1400 g/mol. The molecular weight excluding hydrogens is 1310 g/mol. The van der Waals surface area contributed by atoms with Crippen LogP contribution in [0.1, 0.15) is 173 Å². The summed E-state index contributed by atoms with van der Waals surface area (Å²) in [7, 11) is 2.57. The monoisotopic (exact) mass is 1400 g/mol. The molecule has 0 bridgehead atoms. The average Bonchev–Trinajstić information content (AvgIpc) is 1.67. The van der Waals surface area contributed by atoms with Gasteiger partial charge in [-0.25, -0.2) is 24.2 Å². The quantitative estimate of drug-likeness (QED) is 0.0148. The minimum absolute atomic E-state index is 0. The fourth-order valence-corrected chi connectivity index (χ4v) is 15.0. The molecule has 6 fully saturated rings. The molecule has 27 heteroatoms. The van der Waals surface area contributed by atoms with E-state index < -0.39 is 107 Å². The van der Waals surface area contributed by atoms with Crippen LogP contribution in [0.25, 0.3) is 27.3 Å². The number of carbonyl (C=O) groups is 10. The number of ketones is 2. The van der Waals surface area contributed by atoms with Crippen molar-refractivity contribution in [2.45, 2.75) is 215 Å². The SMILES string of the molecule is COC(=O)[C@@]12CC1/C=C\CCCCC[C@H](NC(=O)OC1CCCC1)C(=O)N1C[C@H](Oc3cc(C(=O)C=[N+]=[N-])nc4c(C)cccc34)C[C@H]1C(=O)N2.[CH2-]C(=O)c1cc(O[C@@H]2C[C@H]3C(=O)N[C@]4(C(=O)OC)CC4/C=C\CCCCC[C@H](NC(=O)OC4CCCC4)C(=O)N3C2)c2cccc(C)c2n1.[Na+]. The first-order valence-electron chi connectivity index (χ1n) is 35.1. The van der Waals surface area contributed by atoms with Gasteiger partial charge in [-0.15, -0.1) is 0 Å². The Labute approximate surface area is 608 Å². The van der Waals surface area contributed by atoms with E-state index >= 15 is 0 Å². The Bertz CT molecular complexity index is 3940. The first-order chi connectivity index (χ1) is 48.2. The first kappa shape index (κ1) is 75.0. The van der Waals surface area contributed by atoms with Gasteiger partial charge in [0.25, 0.3) is 5.78 Å². The van der Waals surface area contributed by atoms with E-state index in [1.54, 1.807) is 6.07 Å². The van der Waals surface area contributed by atoms with Gasteiger partial charge in [0.2, 0.25) is 23.6 Å². The number of hydrogen-bond donors (Lipinski definition) is 4. The van der Waals surface area contributed by atoms with Crippen LogP contribution in [0.2, 0.25) is 0 Å². The second-order valence-corrected chi connectivity index (χ2v) is 27.6. The van der Waals surface area contributed by atoms with E-state index in [0.29, 0.717) is 71.8 Å². The van der Waals surface area contributed by atoms with Crippen molar-refractivity contribution in [3.05, 3.63) is 108 Å². The van der Waals surface area contributed by atoms with Crippen molar-refractivity contribution in [2.24, 2.45) is 11.8 Å². The molecule has 4 aliphatic carbocycles. The normalized spacial score (nSPS) is 27.6. The number of esters is 2. The largest absolute Gasteiger partial charge is 1.00 e. The summed E-state index contributed by atoms with van der Waals surface area (Å²) in [6.45, 7) is 7.26. The predicted octanol–water partition coefficient (Wildman–Crippen LogP) is 5.50. The van der Waals surface area contributed by atoms with Gasteiger partial charge in [-0.05, 0) is 146 Å². The number of nitrogens with zero attached hydrogens (tertiary/aromatic N) is 6. The van der Waals surface area contributed by atoms with E-state index in [4.69, 9.17) is 34.0 Å². The number of ether oxygens (including phenoxy) is 6. The molecule has 0 radical (unpaired) electrons. The van der Waals surface area contributed by atoms with Gasteiger partial charge in [-0.1, -0.05) is 80.3 Å². The number of aryl methyl sites for hydroxylation is 2. The summed E-state index contributed by atoms with van der Waals surface area (Å²) in [5.41, 5.74) is 9.36. The van der Waals surface area contributed by atoms with Gasteiger partial charge >= 0.3 is 59.9 Å². The number of aromatic nitrogens is 2. The van der Waals surface area contributed by atoms with Crippen LogP contribution in [0.4, 0.5) is 9.59 Å². The van der Waals surface area contributed by atoms with Crippen LogP contribution in [0.15, 0.2) is 72.8 Å². The number of pyridine rings is 2. The molecule has 12 rings (SSSR count). The van der Waals surface area contributed by atoms with Gasteiger partial charge in [0.1, 0.15) is 76.9 Å². The number of allylic oxidation sites excluding steroid dienone is 2. The van der Waals surface area contributed by atoms with E-state index in [9.17, 15) is 47.9 Å². The topological polar surface area (TPSA) is 343 Å². The standard InChI is InChI=1S/C37H44N6O8.C37H45N4O8.Na/c1-22-11-10-15-26-31(18-28(40-32(22)26)30(44)20-39-38)50-25-17-29-33(45)42-37(35(47)49-2)19-23(37)12-6-4-3-5-7-16-27(34(46)43(29)21-25)41-36(48)51-24-13-8-9-14-24;1-22-12-11-16-27-31(19-29(23(2)42)38-32(22)27)48-26-18-30-33(43)40-37(35(45)47-3)20-24(37)13-7-5-4-6-8-17-28(34(44)41(30)21-26)39-36(46)49-25-14-9-10-15-25;/h6,10-12,15,18,20,23-25,27,29H,3-5,7-9,13-14,16-17,19,21H2,1-2H3,(H,41,48)(H,42,45);7,11-13,16,19,24-26,28,30H,2,4-6,8-10,14-15,17-18,20-21H2,1,3H3,(H,39,46)(H,40,43);/q;-1;+1/b12-6-;13-7-;/t23?,25-,27+,29+,37-;24?,26-,28+,30+,37-;/m11./s1. The van der Waals surface area contributed by atoms with E-state index in [1.807, 2.05) is 68.5 Å². The van der Waals surface area contributed by atoms with E-state index in [1.165, 1.54) is 36.2 Å². The van der Waals surface area contributed by atoms with Crippen molar-refractivity contribution in [3.8, 4) is 11.5 Å². The fraction of sp³-hybridized carbons (Fsp3) is 0.541. The molecule has 101 heavy (non-hydrogen) atoms. The Balaban J connectivity index is 0.000000216. The van der Waals surface area contributed by atoms with Crippen LogP contribution in [0.5, 0.6) is 11.5 Å². The number of methoxy groups -OCH3 is 2. The van der Waals surface area contributed by atoms with Crippen LogP contribution < -0.4 is 60.3 Å². The maximum absolute atomic E-state index is 14.4. The summed E-state index contributed by atoms with van der Waals surface area (Å²) in [6, 6.07) is 10.1. The first-order valence-corrected chi connectivity index (χ1v) is 35.1. The van der Waals surface area contributed by atoms with E-state index in [2.05, 4.69) is 42.9 Å². The number of hydrogen-bond acceptors (Lipinski definition) is 18. The van der Waals surface area contributed by atoms with Crippen molar-refractivity contribution in [1.82, 2.24) is 41.0 Å². The Morgan fingerprint density at radius 3 is 1.43 bits per heavy atom. The van der Waals surface area contributed by atoms with Crippen LogP contribution in [-0.2, 0) is 47.7 Å². The second kappa shape index (κ2) is 33.4. The molecule has 4 aromatic rings.